The summed E-state index contributed by atoms with van der Waals surface area (Å²) in [5, 5.41) is 8.57. The van der Waals surface area contributed by atoms with Gasteiger partial charge >= 0.3 is 0 Å². The van der Waals surface area contributed by atoms with Gasteiger partial charge in [0.15, 0.2) is 6.17 Å². The molecule has 1 aliphatic rings. The van der Waals surface area contributed by atoms with Crippen LogP contribution in [0.1, 0.15) is 22.9 Å². The molecule has 2 aromatic heterocycles. The van der Waals surface area contributed by atoms with Gasteiger partial charge in [-0.1, -0.05) is 170 Å². The molecule has 11 rings (SSSR count). The van der Waals surface area contributed by atoms with E-state index in [4.69, 9.17) is 9.98 Å². The predicted molar refractivity (Wildman–Crippen MR) is 236 cm³/mol. The molecule has 0 fully saturated rings. The molecule has 0 bridgehead atoms. The fourth-order valence-corrected chi connectivity index (χ4v) is 9.42. The van der Waals surface area contributed by atoms with E-state index in [0.29, 0.717) is 0 Å². The van der Waals surface area contributed by atoms with Crippen molar-refractivity contribution >= 4 is 65.0 Å². The maximum Gasteiger partial charge on any atom is 0.170 e. The highest BCUT2D eigenvalue weighted by atomic mass is 32.1. The van der Waals surface area contributed by atoms with Crippen LogP contribution < -0.4 is 5.32 Å². The van der Waals surface area contributed by atoms with Crippen LogP contribution in [0.3, 0.4) is 0 Å². The van der Waals surface area contributed by atoms with E-state index in [1.165, 1.54) is 53.5 Å². The summed E-state index contributed by atoms with van der Waals surface area (Å²) in [6.07, 6.45) is -0.480. The van der Waals surface area contributed by atoms with Gasteiger partial charge < -0.3 is 9.88 Å². The molecule has 4 nitrogen and oxygen atoms in total. The maximum atomic E-state index is 5.39. The first-order valence-corrected chi connectivity index (χ1v) is 19.8. The number of rotatable bonds is 6. The van der Waals surface area contributed by atoms with E-state index < -0.39 is 6.17 Å². The number of benzene rings is 8. The largest absolute Gasteiger partial charge is 0.324 e. The zero-order valence-electron chi connectivity index (χ0n) is 30.3. The highest BCUT2D eigenvalue weighted by molar-refractivity contribution is 7.26. The van der Waals surface area contributed by atoms with Crippen molar-refractivity contribution in [3.05, 3.63) is 211 Å². The van der Waals surface area contributed by atoms with Crippen LogP contribution in [0, 0.1) is 0 Å². The van der Waals surface area contributed by atoms with Gasteiger partial charge in [-0.05, 0) is 46.5 Å². The van der Waals surface area contributed by atoms with E-state index in [0.717, 1.165) is 44.8 Å². The number of para-hydroxylation sites is 1. The van der Waals surface area contributed by atoms with Crippen LogP contribution in [0.4, 0.5) is 0 Å². The average Bonchev–Trinajstić information content (AvgIpc) is 3.83. The summed E-state index contributed by atoms with van der Waals surface area (Å²) < 4.78 is 5.01. The van der Waals surface area contributed by atoms with Crippen molar-refractivity contribution in [3.8, 4) is 27.9 Å². The van der Waals surface area contributed by atoms with E-state index in [1.807, 2.05) is 23.5 Å². The second-order valence-corrected chi connectivity index (χ2v) is 15.2. The molecule has 3 heterocycles. The molecule has 5 heteroatoms. The number of hydrogen-bond donors (Lipinski definition) is 1. The van der Waals surface area contributed by atoms with E-state index in [2.05, 4.69) is 192 Å². The SMILES string of the molecule is c1ccc(-c2ccc(C3=NC(c4cccc5c4c4ccccc4n5-c4cccc5c4sc4ccccc45)N=C(c4ccc(-c5ccccc5)cc4)N3)cc2)cc1. The Morgan fingerprint density at radius 1 is 0.411 bits per heavy atom. The molecule has 0 spiro atoms. The fourth-order valence-electron chi connectivity index (χ4n) is 8.22. The van der Waals surface area contributed by atoms with Crippen molar-refractivity contribution in [2.45, 2.75) is 6.17 Å². The number of hydrogen-bond acceptors (Lipinski definition) is 4. The Balaban J connectivity index is 1.09. The van der Waals surface area contributed by atoms with Gasteiger partial charge in [-0.2, -0.15) is 0 Å². The van der Waals surface area contributed by atoms with Gasteiger partial charge in [-0.25, -0.2) is 9.98 Å². The fraction of sp³-hybridized carbons (Fsp3) is 0.0196. The molecule has 0 unspecified atom stereocenters. The van der Waals surface area contributed by atoms with Gasteiger partial charge in [-0.15, -0.1) is 11.3 Å². The Labute approximate surface area is 328 Å². The highest BCUT2D eigenvalue weighted by Gasteiger charge is 2.25. The standard InChI is InChI=1S/C51H34N4S/c1-3-13-33(14-4-1)35-25-29-37(30-26-35)49-52-50(38-31-27-36(28-32-38)34-15-5-2-6-16-34)54-51(53-49)42-20-12-22-44-47(42)41-18-7-9-21-43(41)55(44)45-23-11-19-40-39-17-8-10-24-46(39)56-48(40)45/h1-32,51H,(H,52,53,54). The van der Waals surface area contributed by atoms with Gasteiger partial charge in [0.05, 0.1) is 21.4 Å². The lowest BCUT2D eigenvalue weighted by atomic mass is 10.0. The molecule has 10 aromatic rings. The van der Waals surface area contributed by atoms with Crippen LogP contribution in [0.25, 0.3) is 69.9 Å². The quantitative estimate of drug-likeness (QED) is 0.182. The average molecular weight is 735 g/mol. The van der Waals surface area contributed by atoms with E-state index in [-0.39, 0.29) is 0 Å². The van der Waals surface area contributed by atoms with Crippen molar-refractivity contribution in [2.75, 3.05) is 0 Å². The minimum Gasteiger partial charge on any atom is -0.324 e. The van der Waals surface area contributed by atoms with Crippen LogP contribution in [0.5, 0.6) is 0 Å². The molecule has 1 N–H and O–H groups in total. The zero-order chi connectivity index (χ0) is 37.0. The first-order valence-electron chi connectivity index (χ1n) is 18.9. The second-order valence-electron chi connectivity index (χ2n) is 14.2. The Morgan fingerprint density at radius 3 is 1.57 bits per heavy atom. The van der Waals surface area contributed by atoms with Crippen LogP contribution in [-0.2, 0) is 0 Å². The summed E-state index contributed by atoms with van der Waals surface area (Å²) in [4.78, 5) is 10.8. The van der Waals surface area contributed by atoms with Crippen LogP contribution >= 0.6 is 11.3 Å². The molecule has 0 radical (unpaired) electrons. The number of fused-ring (bicyclic) bond motifs is 6. The smallest absolute Gasteiger partial charge is 0.170 e. The van der Waals surface area contributed by atoms with Crippen molar-refractivity contribution in [2.24, 2.45) is 9.98 Å². The predicted octanol–water partition coefficient (Wildman–Crippen LogP) is 13.0. The number of thiophene rings is 1. The number of amidine groups is 2. The molecule has 1 aliphatic heterocycles. The molecule has 0 saturated carbocycles. The second kappa shape index (κ2) is 13.3. The Morgan fingerprint density at radius 2 is 0.911 bits per heavy atom. The van der Waals surface area contributed by atoms with Crippen molar-refractivity contribution in [3.63, 3.8) is 0 Å². The number of aromatic nitrogens is 1. The van der Waals surface area contributed by atoms with Gasteiger partial charge in [0.2, 0.25) is 0 Å². The lowest BCUT2D eigenvalue weighted by Crippen LogP contribution is -2.36. The van der Waals surface area contributed by atoms with Crippen LogP contribution in [0.2, 0.25) is 0 Å². The normalized spacial score (nSPS) is 13.3. The minimum atomic E-state index is -0.480. The number of nitrogens with one attached hydrogen (secondary N) is 1. The molecular formula is C51H34N4S. The van der Waals surface area contributed by atoms with Gasteiger partial charge in [0.25, 0.3) is 0 Å². The molecule has 0 aliphatic carbocycles. The monoisotopic (exact) mass is 734 g/mol. The van der Waals surface area contributed by atoms with E-state index in [1.54, 1.807) is 0 Å². The van der Waals surface area contributed by atoms with Crippen LogP contribution in [0.15, 0.2) is 204 Å². The minimum absolute atomic E-state index is 0.480. The van der Waals surface area contributed by atoms with Crippen LogP contribution in [-0.4, -0.2) is 16.2 Å². The Hall–Kier alpha value is -7.08. The third kappa shape index (κ3) is 5.44. The van der Waals surface area contributed by atoms with Crippen molar-refractivity contribution in [1.29, 1.82) is 0 Å². The summed E-state index contributed by atoms with van der Waals surface area (Å²) in [5.74, 6) is 1.59. The third-order valence-corrected chi connectivity index (χ3v) is 12.1. The highest BCUT2D eigenvalue weighted by Crippen LogP contribution is 2.43. The maximum absolute atomic E-state index is 5.39. The molecule has 8 aromatic carbocycles. The summed E-state index contributed by atoms with van der Waals surface area (Å²) in [6, 6.07) is 69.1. The first-order chi connectivity index (χ1) is 27.8. The number of nitrogens with zero attached hydrogens (tertiary/aromatic N) is 3. The van der Waals surface area contributed by atoms with Crippen molar-refractivity contribution < 1.29 is 0 Å². The zero-order valence-corrected chi connectivity index (χ0v) is 31.1. The van der Waals surface area contributed by atoms with Gasteiger partial charge in [0, 0.05) is 42.9 Å². The summed E-state index contributed by atoms with van der Waals surface area (Å²) >= 11 is 1.86. The topological polar surface area (TPSA) is 41.7 Å². The number of aliphatic imine (C=N–C) groups is 2. The van der Waals surface area contributed by atoms with E-state index >= 15 is 0 Å². The molecule has 0 amide bonds. The summed E-state index contributed by atoms with van der Waals surface area (Å²) in [7, 11) is 0. The molecular weight excluding hydrogens is 701 g/mol. The van der Waals surface area contributed by atoms with Crippen molar-refractivity contribution in [1.82, 2.24) is 9.88 Å². The molecule has 0 saturated heterocycles. The third-order valence-electron chi connectivity index (χ3n) is 10.9. The first kappa shape index (κ1) is 32.4. The lowest BCUT2D eigenvalue weighted by Gasteiger charge is -2.23. The summed E-state index contributed by atoms with van der Waals surface area (Å²) in [5.41, 5.74) is 11.3. The Kier molecular flexibility index (Phi) is 7.71. The lowest BCUT2D eigenvalue weighted by molar-refractivity contribution is 0.762. The van der Waals surface area contributed by atoms with Gasteiger partial charge in [-0.3, -0.25) is 0 Å². The molecule has 0 atom stereocenters. The summed E-state index contributed by atoms with van der Waals surface area (Å²) in [6.45, 7) is 0. The van der Waals surface area contributed by atoms with Gasteiger partial charge in [0.1, 0.15) is 11.7 Å². The molecule has 264 valence electrons. The van der Waals surface area contributed by atoms with E-state index in [9.17, 15) is 0 Å². The Bertz CT molecular complexity index is 3040. The molecule has 56 heavy (non-hydrogen) atoms.